The fourth-order valence-corrected chi connectivity index (χ4v) is 5.79. The number of β-lactam (4-membered cyclic amide) rings is 1. The molecule has 4 rings (SSSR count). The standard InChI is InChI=1S/C18H19N3O5S/c1-7-11(10-5-20-6-19(4)14(9(3)23)17(20)27-10)15(18(25)26)21-13(7)12(8(2)22)16(21)24/h5-8,12-13,22H,1-4H3/p+1/t7-,8+,12+,13+/m0/s1. The van der Waals surface area contributed by atoms with E-state index < -0.39 is 18.0 Å². The fourth-order valence-electron chi connectivity index (χ4n) is 4.44. The summed E-state index contributed by atoms with van der Waals surface area (Å²) >= 11 is 1.34. The minimum Gasteiger partial charge on any atom is -0.477 e. The quantitative estimate of drug-likeness (QED) is 0.454. The SMILES string of the molecule is CC(=O)c1c2sc(C3=C(C(=O)O)N4C(=O)[C@H]([C@@H](C)O)[C@H]4[C@H]3C)c[n+]2cn1C. The van der Waals surface area contributed by atoms with Crippen LogP contribution in [0.3, 0.4) is 0 Å². The van der Waals surface area contributed by atoms with Crippen molar-refractivity contribution in [2.45, 2.75) is 32.9 Å². The van der Waals surface area contributed by atoms with Crippen LogP contribution in [0.5, 0.6) is 0 Å². The molecule has 2 aromatic heterocycles. The van der Waals surface area contributed by atoms with Crippen molar-refractivity contribution in [2.75, 3.05) is 0 Å². The third-order valence-electron chi connectivity index (χ3n) is 5.52. The van der Waals surface area contributed by atoms with Gasteiger partial charge in [0, 0.05) is 18.4 Å². The van der Waals surface area contributed by atoms with Crippen LogP contribution >= 0.6 is 11.3 Å². The highest BCUT2D eigenvalue weighted by Crippen LogP contribution is 2.51. The van der Waals surface area contributed by atoms with E-state index in [9.17, 15) is 24.6 Å². The topological polar surface area (TPSA) is 104 Å². The highest BCUT2D eigenvalue weighted by molar-refractivity contribution is 7.18. The van der Waals surface area contributed by atoms with Crippen LogP contribution in [0.1, 0.15) is 36.1 Å². The number of Topliss-reactive ketones (excluding diaryl/α,β-unsaturated/α-hetero) is 1. The number of hydrogen-bond donors (Lipinski definition) is 2. The van der Waals surface area contributed by atoms with E-state index in [0.717, 1.165) is 4.83 Å². The minimum atomic E-state index is -1.16. The van der Waals surface area contributed by atoms with Crippen LogP contribution in [-0.4, -0.2) is 49.5 Å². The van der Waals surface area contributed by atoms with E-state index in [1.807, 2.05) is 6.92 Å². The van der Waals surface area contributed by atoms with Gasteiger partial charge in [-0.05, 0) is 6.92 Å². The number of aromatic nitrogens is 2. The van der Waals surface area contributed by atoms with Crippen molar-refractivity contribution in [3.63, 3.8) is 0 Å². The smallest absolute Gasteiger partial charge is 0.352 e. The predicted molar refractivity (Wildman–Crippen MR) is 96.0 cm³/mol. The van der Waals surface area contributed by atoms with E-state index in [1.54, 1.807) is 35.5 Å². The van der Waals surface area contributed by atoms with Crippen LogP contribution in [0.2, 0.25) is 0 Å². The average Bonchev–Trinajstić information content (AvgIpc) is 3.13. The Balaban J connectivity index is 1.88. The van der Waals surface area contributed by atoms with Crippen LogP contribution in [0.25, 0.3) is 10.4 Å². The van der Waals surface area contributed by atoms with Gasteiger partial charge in [-0.25, -0.2) is 9.36 Å². The van der Waals surface area contributed by atoms with E-state index in [-0.39, 0.29) is 29.3 Å². The van der Waals surface area contributed by atoms with E-state index in [1.165, 1.54) is 23.2 Å². The molecular weight excluding hydrogens is 370 g/mol. The summed E-state index contributed by atoms with van der Waals surface area (Å²) in [6.07, 6.45) is 2.73. The zero-order chi connectivity index (χ0) is 19.8. The highest BCUT2D eigenvalue weighted by atomic mass is 32.1. The number of aliphatic carboxylic acids is 1. The number of carbonyl (C=O) groups is 3. The van der Waals surface area contributed by atoms with Gasteiger partial charge in [-0.2, -0.15) is 4.40 Å². The molecule has 2 N–H and O–H groups in total. The molecular formula is C18H20N3O5S+. The van der Waals surface area contributed by atoms with Crippen molar-refractivity contribution in [1.29, 1.82) is 0 Å². The highest BCUT2D eigenvalue weighted by Gasteiger charge is 2.60. The number of hydrogen-bond acceptors (Lipinski definition) is 5. The zero-order valence-electron chi connectivity index (χ0n) is 15.3. The Morgan fingerprint density at radius 1 is 1.37 bits per heavy atom. The van der Waals surface area contributed by atoms with Gasteiger partial charge in [-0.1, -0.05) is 18.3 Å². The predicted octanol–water partition coefficient (Wildman–Crippen LogP) is 0.681. The molecule has 0 radical (unpaired) electrons. The molecule has 8 nitrogen and oxygen atoms in total. The van der Waals surface area contributed by atoms with Crippen molar-refractivity contribution < 1.29 is 29.0 Å². The van der Waals surface area contributed by atoms with Gasteiger partial charge in [-0.3, -0.25) is 9.59 Å². The van der Waals surface area contributed by atoms with Gasteiger partial charge < -0.3 is 15.1 Å². The summed E-state index contributed by atoms with van der Waals surface area (Å²) in [7, 11) is 1.79. The van der Waals surface area contributed by atoms with Gasteiger partial charge in [-0.15, -0.1) is 0 Å². The lowest BCUT2D eigenvalue weighted by molar-refractivity contribution is -0.508. The normalized spacial score (nSPS) is 25.7. The van der Waals surface area contributed by atoms with Gasteiger partial charge in [0.1, 0.15) is 11.9 Å². The van der Waals surface area contributed by atoms with Gasteiger partial charge in [0.2, 0.25) is 28.5 Å². The number of aryl methyl sites for hydroxylation is 1. The Kier molecular flexibility index (Phi) is 3.80. The Labute approximate surface area is 158 Å². The fraction of sp³-hybridized carbons (Fsp3) is 0.444. The van der Waals surface area contributed by atoms with Gasteiger partial charge in [0.15, 0.2) is 0 Å². The Morgan fingerprint density at radius 3 is 2.59 bits per heavy atom. The summed E-state index contributed by atoms with van der Waals surface area (Å²) in [5.74, 6) is -2.41. The van der Waals surface area contributed by atoms with E-state index in [0.29, 0.717) is 16.1 Å². The number of carboxylic acids is 1. The molecule has 4 heterocycles. The molecule has 1 fully saturated rings. The number of carboxylic acid groups (broad SMARTS) is 1. The van der Waals surface area contributed by atoms with E-state index in [2.05, 4.69) is 0 Å². The number of aliphatic hydroxyl groups excluding tert-OH is 1. The second-order valence-corrected chi connectivity index (χ2v) is 8.29. The molecule has 0 saturated carbocycles. The van der Waals surface area contributed by atoms with Crippen LogP contribution in [0, 0.1) is 11.8 Å². The summed E-state index contributed by atoms with van der Waals surface area (Å²) < 4.78 is 3.54. The number of thiazole rings is 1. The average molecular weight is 390 g/mol. The number of ketones is 1. The van der Waals surface area contributed by atoms with Crippen molar-refractivity contribution in [3.8, 4) is 0 Å². The van der Waals surface area contributed by atoms with Crippen molar-refractivity contribution >= 4 is 39.4 Å². The second-order valence-electron chi connectivity index (χ2n) is 7.26. The molecule has 2 aliphatic rings. The molecule has 9 heteroatoms. The molecule has 0 aliphatic carbocycles. The van der Waals surface area contributed by atoms with Crippen molar-refractivity contribution in [1.82, 2.24) is 9.47 Å². The maximum Gasteiger partial charge on any atom is 0.352 e. The molecule has 0 aromatic carbocycles. The number of aliphatic hydroxyl groups is 1. The lowest BCUT2D eigenvalue weighted by Gasteiger charge is -2.46. The first-order valence-corrected chi connectivity index (χ1v) is 9.46. The lowest BCUT2D eigenvalue weighted by Crippen LogP contribution is -2.63. The number of imidazole rings is 1. The summed E-state index contributed by atoms with van der Waals surface area (Å²) in [6, 6.07) is -0.358. The van der Waals surface area contributed by atoms with Crippen LogP contribution in [0.4, 0.5) is 0 Å². The molecule has 2 aliphatic heterocycles. The Hall–Kier alpha value is -2.52. The summed E-state index contributed by atoms with van der Waals surface area (Å²) in [4.78, 5) is 39.1. The lowest BCUT2D eigenvalue weighted by atomic mass is 9.77. The summed E-state index contributed by atoms with van der Waals surface area (Å²) in [5.41, 5.74) is 1.11. The number of nitrogens with zero attached hydrogens (tertiary/aromatic N) is 3. The maximum atomic E-state index is 12.5. The number of fused-ring (bicyclic) bond motifs is 2. The molecule has 27 heavy (non-hydrogen) atoms. The summed E-state index contributed by atoms with van der Waals surface area (Å²) in [5, 5.41) is 19.7. The zero-order valence-corrected chi connectivity index (χ0v) is 16.1. The van der Waals surface area contributed by atoms with Crippen molar-refractivity contribution in [2.24, 2.45) is 18.9 Å². The van der Waals surface area contributed by atoms with E-state index >= 15 is 0 Å². The van der Waals surface area contributed by atoms with Crippen LogP contribution < -0.4 is 4.40 Å². The second kappa shape index (κ2) is 5.74. The van der Waals surface area contributed by atoms with Gasteiger partial charge >= 0.3 is 5.97 Å². The molecule has 0 bridgehead atoms. The maximum absolute atomic E-state index is 12.5. The van der Waals surface area contributed by atoms with Crippen LogP contribution in [-0.2, 0) is 16.6 Å². The van der Waals surface area contributed by atoms with Crippen LogP contribution in [0.15, 0.2) is 18.2 Å². The monoisotopic (exact) mass is 390 g/mol. The molecule has 1 amide bonds. The number of carbonyl (C=O) groups excluding carboxylic acids is 2. The molecule has 4 atom stereocenters. The molecule has 1 saturated heterocycles. The summed E-state index contributed by atoms with van der Waals surface area (Å²) in [6.45, 7) is 4.93. The third kappa shape index (κ3) is 2.24. The molecule has 0 unspecified atom stereocenters. The van der Waals surface area contributed by atoms with Crippen molar-refractivity contribution in [3.05, 3.63) is 28.8 Å². The van der Waals surface area contributed by atoms with Gasteiger partial charge in [0.25, 0.3) is 0 Å². The number of amides is 1. The minimum absolute atomic E-state index is 0.0207. The first-order chi connectivity index (χ1) is 12.6. The first-order valence-electron chi connectivity index (χ1n) is 8.65. The largest absolute Gasteiger partial charge is 0.477 e. The third-order valence-corrected chi connectivity index (χ3v) is 6.67. The Bertz CT molecular complexity index is 1050. The van der Waals surface area contributed by atoms with E-state index in [4.69, 9.17) is 0 Å². The first kappa shape index (κ1) is 17.9. The Morgan fingerprint density at radius 2 is 2.04 bits per heavy atom. The number of rotatable bonds is 4. The molecule has 142 valence electrons. The molecule has 2 aromatic rings. The van der Waals surface area contributed by atoms with Gasteiger partial charge in [0.05, 0.1) is 30.0 Å². The molecule has 0 spiro atoms.